The molecule has 0 aromatic carbocycles. The Morgan fingerprint density at radius 2 is 1.12 bits per heavy atom. The molecule has 1 fully saturated rings. The highest BCUT2D eigenvalue weighted by Crippen LogP contribution is 2.19. The van der Waals surface area contributed by atoms with Crippen molar-refractivity contribution < 1.29 is 9.59 Å². The normalized spacial score (nSPS) is 23.4. The molecule has 2 heteroatoms. The zero-order chi connectivity index (χ0) is 18.9. The van der Waals surface area contributed by atoms with Gasteiger partial charge in [-0.05, 0) is 25.7 Å². The highest BCUT2D eigenvalue weighted by Gasteiger charge is 2.29. The highest BCUT2D eigenvalue weighted by molar-refractivity contribution is 4.61. The molecule has 26 heavy (non-hydrogen) atoms. The minimum absolute atomic E-state index is 0.0465. The Kier molecular flexibility index (Phi) is 14.7. The third-order valence-electron chi connectivity index (χ3n) is 6.44. The fourth-order valence-electron chi connectivity index (χ4n) is 4.64. The summed E-state index contributed by atoms with van der Waals surface area (Å²) in [7, 11) is 2.34. The fraction of sp³-hybridized carbons (Fsp3) is 1.00. The number of likely N-dealkylation sites (N-methyl/N-ethyl adjacent to an activating group) is 1. The summed E-state index contributed by atoms with van der Waals surface area (Å²) in [5.41, 5.74) is 0. The average molecular weight is 369 g/mol. The number of hydrogen-bond acceptors (Lipinski definition) is 1. The zero-order valence-electron chi connectivity index (χ0n) is 18.3. The first-order valence-electron chi connectivity index (χ1n) is 12.2. The standard InChI is InChI=1S/C24H50NO/c1-3-4-5-6-7-8-9-10-11-12-13-14-15-16-17-18-21-25(2)22-19-20-24(26)23-25/h24,26H,3-23H2,1-2H3/q+1. The Bertz CT molecular complexity index is 307. The first-order chi connectivity index (χ1) is 12.7. The second-order valence-electron chi connectivity index (χ2n) is 9.35. The van der Waals surface area contributed by atoms with E-state index in [9.17, 15) is 5.11 Å². The molecule has 1 aliphatic heterocycles. The Balaban J connectivity index is 1.76. The van der Waals surface area contributed by atoms with Crippen molar-refractivity contribution in [2.45, 2.75) is 129 Å². The maximum absolute atomic E-state index is 9.86. The number of nitrogens with zero attached hydrogens (tertiary/aromatic N) is 1. The minimum atomic E-state index is -0.0465. The molecule has 2 atom stereocenters. The molecule has 0 saturated carbocycles. The van der Waals surface area contributed by atoms with Gasteiger partial charge in [0.25, 0.3) is 0 Å². The van der Waals surface area contributed by atoms with Gasteiger partial charge in [-0.15, -0.1) is 0 Å². The van der Waals surface area contributed by atoms with Gasteiger partial charge in [-0.25, -0.2) is 0 Å². The lowest BCUT2D eigenvalue weighted by Gasteiger charge is -2.40. The topological polar surface area (TPSA) is 20.2 Å². The van der Waals surface area contributed by atoms with Gasteiger partial charge in [-0.1, -0.05) is 96.8 Å². The first-order valence-corrected chi connectivity index (χ1v) is 12.2. The van der Waals surface area contributed by atoms with Crippen molar-refractivity contribution >= 4 is 0 Å². The number of rotatable bonds is 17. The van der Waals surface area contributed by atoms with Gasteiger partial charge in [-0.3, -0.25) is 0 Å². The lowest BCUT2D eigenvalue weighted by atomic mass is 10.0. The maximum atomic E-state index is 9.86. The Labute approximate surface area is 165 Å². The van der Waals surface area contributed by atoms with Crippen molar-refractivity contribution in [3.63, 3.8) is 0 Å². The van der Waals surface area contributed by atoms with E-state index in [0.29, 0.717) is 0 Å². The Morgan fingerprint density at radius 3 is 1.54 bits per heavy atom. The van der Waals surface area contributed by atoms with E-state index in [1.165, 1.54) is 122 Å². The molecule has 1 rings (SSSR count). The van der Waals surface area contributed by atoms with Crippen LogP contribution < -0.4 is 0 Å². The Morgan fingerprint density at radius 1 is 0.692 bits per heavy atom. The molecule has 0 bridgehead atoms. The first kappa shape index (κ1) is 24.0. The van der Waals surface area contributed by atoms with Crippen LogP contribution >= 0.6 is 0 Å². The fourth-order valence-corrected chi connectivity index (χ4v) is 4.64. The maximum Gasteiger partial charge on any atom is 0.105 e. The highest BCUT2D eigenvalue weighted by atomic mass is 16.3. The van der Waals surface area contributed by atoms with E-state index in [1.807, 2.05) is 0 Å². The molecule has 1 aliphatic rings. The predicted octanol–water partition coefficient (Wildman–Crippen LogP) is 6.85. The van der Waals surface area contributed by atoms with Crippen molar-refractivity contribution in [1.82, 2.24) is 0 Å². The summed E-state index contributed by atoms with van der Waals surface area (Å²) in [6, 6.07) is 0. The summed E-state index contributed by atoms with van der Waals surface area (Å²) < 4.78 is 1.11. The molecule has 1 heterocycles. The summed E-state index contributed by atoms with van der Waals surface area (Å²) in [6.45, 7) is 5.83. The molecule has 0 amide bonds. The van der Waals surface area contributed by atoms with E-state index in [4.69, 9.17) is 0 Å². The third kappa shape index (κ3) is 13.1. The van der Waals surface area contributed by atoms with Gasteiger partial charge < -0.3 is 9.59 Å². The summed E-state index contributed by atoms with van der Waals surface area (Å²) in [5.74, 6) is 0. The number of quaternary nitrogens is 1. The van der Waals surface area contributed by atoms with Crippen LogP contribution in [0.15, 0.2) is 0 Å². The number of piperidine rings is 1. The molecule has 0 aromatic rings. The van der Waals surface area contributed by atoms with Gasteiger partial charge >= 0.3 is 0 Å². The van der Waals surface area contributed by atoms with Crippen LogP contribution in [0.5, 0.6) is 0 Å². The summed E-state index contributed by atoms with van der Waals surface area (Å²) >= 11 is 0. The molecular weight excluding hydrogens is 318 g/mol. The van der Waals surface area contributed by atoms with Crippen LogP contribution in [0.1, 0.15) is 122 Å². The molecule has 156 valence electrons. The van der Waals surface area contributed by atoms with Gasteiger partial charge in [0.05, 0.1) is 20.1 Å². The van der Waals surface area contributed by atoms with Crippen molar-refractivity contribution in [3.05, 3.63) is 0 Å². The van der Waals surface area contributed by atoms with Crippen LogP contribution in [-0.2, 0) is 0 Å². The van der Waals surface area contributed by atoms with Gasteiger partial charge in [0.15, 0.2) is 0 Å². The third-order valence-corrected chi connectivity index (χ3v) is 6.44. The number of unbranched alkanes of at least 4 members (excludes halogenated alkanes) is 15. The monoisotopic (exact) mass is 368 g/mol. The van der Waals surface area contributed by atoms with Crippen LogP contribution in [0.25, 0.3) is 0 Å². The SMILES string of the molecule is CCCCCCCCCCCCCCCCCC[N+]1(C)CCCC(O)C1. The van der Waals surface area contributed by atoms with Gasteiger partial charge in [0.1, 0.15) is 12.6 Å². The lowest BCUT2D eigenvalue weighted by molar-refractivity contribution is -0.917. The molecule has 0 aromatic heterocycles. The Hall–Kier alpha value is -0.0800. The van der Waals surface area contributed by atoms with Gasteiger partial charge in [0, 0.05) is 0 Å². The number of aliphatic hydroxyl groups is 1. The lowest BCUT2D eigenvalue weighted by Crippen LogP contribution is -2.53. The average Bonchev–Trinajstić information content (AvgIpc) is 2.61. The predicted molar refractivity (Wildman–Crippen MR) is 116 cm³/mol. The van der Waals surface area contributed by atoms with Crippen LogP contribution in [0.4, 0.5) is 0 Å². The molecule has 1 N–H and O–H groups in total. The quantitative estimate of drug-likeness (QED) is 0.220. The molecule has 2 nitrogen and oxygen atoms in total. The minimum Gasteiger partial charge on any atom is -0.387 e. The van der Waals surface area contributed by atoms with E-state index in [1.54, 1.807) is 0 Å². The van der Waals surface area contributed by atoms with E-state index in [2.05, 4.69) is 14.0 Å². The van der Waals surface area contributed by atoms with Crippen LogP contribution in [-0.4, -0.2) is 42.4 Å². The summed E-state index contributed by atoms with van der Waals surface area (Å²) in [5, 5.41) is 9.86. The molecule has 0 aliphatic carbocycles. The van der Waals surface area contributed by atoms with Crippen molar-refractivity contribution in [2.75, 3.05) is 26.7 Å². The smallest absolute Gasteiger partial charge is 0.105 e. The second kappa shape index (κ2) is 15.9. The molecule has 0 spiro atoms. The molecule has 2 unspecified atom stereocenters. The number of likely N-dealkylation sites (tertiary alicyclic amines) is 1. The van der Waals surface area contributed by atoms with Crippen molar-refractivity contribution in [1.29, 1.82) is 0 Å². The summed E-state index contributed by atoms with van der Waals surface area (Å²) in [4.78, 5) is 0. The largest absolute Gasteiger partial charge is 0.387 e. The molecule has 1 saturated heterocycles. The second-order valence-corrected chi connectivity index (χ2v) is 9.35. The van der Waals surface area contributed by atoms with Crippen LogP contribution in [0.3, 0.4) is 0 Å². The molecule has 0 radical (unpaired) electrons. The van der Waals surface area contributed by atoms with E-state index >= 15 is 0 Å². The van der Waals surface area contributed by atoms with Crippen molar-refractivity contribution in [3.8, 4) is 0 Å². The number of hydrogen-bond donors (Lipinski definition) is 1. The zero-order valence-corrected chi connectivity index (χ0v) is 18.3. The molecular formula is C24H50NO+. The number of aliphatic hydroxyl groups excluding tert-OH is 1. The van der Waals surface area contributed by atoms with Crippen molar-refractivity contribution in [2.24, 2.45) is 0 Å². The van der Waals surface area contributed by atoms with Crippen LogP contribution in [0, 0.1) is 0 Å². The van der Waals surface area contributed by atoms with Gasteiger partial charge in [-0.2, -0.15) is 0 Å². The van der Waals surface area contributed by atoms with Gasteiger partial charge in [0.2, 0.25) is 0 Å². The summed E-state index contributed by atoms with van der Waals surface area (Å²) in [6.07, 6.45) is 25.2. The van der Waals surface area contributed by atoms with E-state index in [0.717, 1.165) is 17.4 Å². The van der Waals surface area contributed by atoms with E-state index < -0.39 is 0 Å². The van der Waals surface area contributed by atoms with Crippen LogP contribution in [0.2, 0.25) is 0 Å². The van der Waals surface area contributed by atoms with E-state index in [-0.39, 0.29) is 6.10 Å².